The Morgan fingerprint density at radius 2 is 1.83 bits per heavy atom. The normalized spacial score (nSPS) is 11.1. The summed E-state index contributed by atoms with van der Waals surface area (Å²) in [7, 11) is 0. The van der Waals surface area contributed by atoms with E-state index in [2.05, 4.69) is 11.8 Å². The van der Waals surface area contributed by atoms with Gasteiger partial charge in [0.25, 0.3) is 0 Å². The summed E-state index contributed by atoms with van der Waals surface area (Å²) in [6.07, 6.45) is 1.86. The average molecular weight is 316 g/mol. The van der Waals surface area contributed by atoms with Crippen molar-refractivity contribution >= 4 is 11.9 Å². The first-order chi connectivity index (χ1) is 11.1. The first-order valence-corrected chi connectivity index (χ1v) is 8.01. The van der Waals surface area contributed by atoms with Crippen molar-refractivity contribution in [2.75, 3.05) is 0 Å². The van der Waals surface area contributed by atoms with Gasteiger partial charge in [0.2, 0.25) is 0 Å². The van der Waals surface area contributed by atoms with Crippen molar-refractivity contribution in [2.45, 2.75) is 59.0 Å². The molecule has 0 spiro atoms. The Morgan fingerprint density at radius 1 is 1.13 bits per heavy atom. The molecule has 0 aliphatic carbocycles. The van der Waals surface area contributed by atoms with Gasteiger partial charge < -0.3 is 9.47 Å². The molecule has 0 saturated carbocycles. The number of rotatable bonds is 8. The molecule has 124 valence electrons. The van der Waals surface area contributed by atoms with Crippen LogP contribution in [0.5, 0.6) is 5.75 Å². The third-order valence-electron chi connectivity index (χ3n) is 3.29. The quantitative estimate of drug-likeness (QED) is 0.417. The van der Waals surface area contributed by atoms with Crippen molar-refractivity contribution in [3.8, 4) is 17.6 Å². The SMILES string of the molecule is CC#CC(CC)OC(=O)CCCC(=O)Oc1ccccc1CC. The Labute approximate surface area is 138 Å². The highest BCUT2D eigenvalue weighted by atomic mass is 16.5. The number of hydrogen-bond donors (Lipinski definition) is 0. The van der Waals surface area contributed by atoms with Gasteiger partial charge in [-0.2, -0.15) is 0 Å². The van der Waals surface area contributed by atoms with Crippen molar-refractivity contribution in [2.24, 2.45) is 0 Å². The van der Waals surface area contributed by atoms with E-state index in [1.807, 2.05) is 32.0 Å². The smallest absolute Gasteiger partial charge is 0.311 e. The monoisotopic (exact) mass is 316 g/mol. The van der Waals surface area contributed by atoms with E-state index in [1.165, 1.54) is 0 Å². The van der Waals surface area contributed by atoms with E-state index in [0.29, 0.717) is 18.6 Å². The second-order valence-electron chi connectivity index (χ2n) is 5.07. The Bertz CT molecular complexity index is 581. The Hall–Kier alpha value is -2.28. The first kappa shape index (κ1) is 18.8. The van der Waals surface area contributed by atoms with E-state index in [4.69, 9.17) is 9.47 Å². The van der Waals surface area contributed by atoms with Gasteiger partial charge in [-0.05, 0) is 37.8 Å². The summed E-state index contributed by atoms with van der Waals surface area (Å²) < 4.78 is 10.6. The fourth-order valence-corrected chi connectivity index (χ4v) is 2.04. The molecule has 0 N–H and O–H groups in total. The standard InChI is InChI=1S/C19H24O4/c1-4-10-16(6-3)22-18(20)13-9-14-19(21)23-17-12-8-7-11-15(17)5-2/h7-8,11-12,16H,5-6,9,13-14H2,1-3H3. The van der Waals surface area contributed by atoms with Gasteiger partial charge in [-0.25, -0.2) is 0 Å². The number of carbonyl (C=O) groups excluding carboxylic acids is 2. The Kier molecular flexibility index (Phi) is 8.52. The second-order valence-corrected chi connectivity index (χ2v) is 5.07. The number of para-hydroxylation sites is 1. The van der Waals surface area contributed by atoms with Crippen molar-refractivity contribution < 1.29 is 19.1 Å². The number of benzene rings is 1. The summed E-state index contributed by atoms with van der Waals surface area (Å²) in [6, 6.07) is 7.45. The van der Waals surface area contributed by atoms with Crippen LogP contribution in [0.25, 0.3) is 0 Å². The van der Waals surface area contributed by atoms with Crippen molar-refractivity contribution in [1.29, 1.82) is 0 Å². The molecule has 1 unspecified atom stereocenters. The molecular weight excluding hydrogens is 292 g/mol. The summed E-state index contributed by atoms with van der Waals surface area (Å²) >= 11 is 0. The van der Waals surface area contributed by atoms with E-state index in [0.717, 1.165) is 12.0 Å². The maximum Gasteiger partial charge on any atom is 0.311 e. The fraction of sp³-hybridized carbons (Fsp3) is 0.474. The molecule has 0 aliphatic rings. The predicted octanol–water partition coefficient (Wildman–Crippen LogP) is 3.67. The molecule has 1 aromatic carbocycles. The van der Waals surface area contributed by atoms with Crippen LogP contribution in [0.2, 0.25) is 0 Å². The third-order valence-corrected chi connectivity index (χ3v) is 3.29. The molecule has 0 saturated heterocycles. The van der Waals surface area contributed by atoms with Gasteiger partial charge in [-0.1, -0.05) is 38.0 Å². The molecule has 0 amide bonds. The lowest BCUT2D eigenvalue weighted by Gasteiger charge is -2.10. The van der Waals surface area contributed by atoms with Crippen LogP contribution in [-0.2, 0) is 20.7 Å². The molecular formula is C19H24O4. The van der Waals surface area contributed by atoms with Crippen molar-refractivity contribution in [3.63, 3.8) is 0 Å². The average Bonchev–Trinajstić information content (AvgIpc) is 2.54. The minimum Gasteiger partial charge on any atom is -0.449 e. The van der Waals surface area contributed by atoms with E-state index < -0.39 is 0 Å². The van der Waals surface area contributed by atoms with Crippen molar-refractivity contribution in [3.05, 3.63) is 29.8 Å². The lowest BCUT2D eigenvalue weighted by Crippen LogP contribution is -2.16. The highest BCUT2D eigenvalue weighted by Crippen LogP contribution is 2.19. The number of ether oxygens (including phenoxy) is 2. The highest BCUT2D eigenvalue weighted by Gasteiger charge is 2.12. The molecule has 4 heteroatoms. The molecule has 1 atom stereocenters. The summed E-state index contributed by atoms with van der Waals surface area (Å²) in [5.74, 6) is 5.48. The number of hydrogen-bond acceptors (Lipinski definition) is 4. The van der Waals surface area contributed by atoms with Gasteiger partial charge in [0, 0.05) is 12.8 Å². The van der Waals surface area contributed by atoms with Crippen LogP contribution in [0.4, 0.5) is 0 Å². The van der Waals surface area contributed by atoms with E-state index in [9.17, 15) is 9.59 Å². The molecule has 0 heterocycles. The first-order valence-electron chi connectivity index (χ1n) is 8.01. The summed E-state index contributed by atoms with van der Waals surface area (Å²) in [6.45, 7) is 5.62. The third kappa shape index (κ3) is 7.01. The van der Waals surface area contributed by atoms with Gasteiger partial charge in [0.15, 0.2) is 6.10 Å². The summed E-state index contributed by atoms with van der Waals surface area (Å²) in [4.78, 5) is 23.5. The number of aryl methyl sites for hydroxylation is 1. The maximum atomic E-state index is 11.8. The predicted molar refractivity (Wildman–Crippen MR) is 88.9 cm³/mol. The van der Waals surface area contributed by atoms with Crippen LogP contribution >= 0.6 is 0 Å². The molecule has 1 aromatic rings. The Balaban J connectivity index is 2.36. The number of carbonyl (C=O) groups is 2. The lowest BCUT2D eigenvalue weighted by atomic mass is 10.1. The molecule has 0 aromatic heterocycles. The summed E-state index contributed by atoms with van der Waals surface area (Å²) in [5.41, 5.74) is 0.990. The van der Waals surface area contributed by atoms with Gasteiger partial charge in [0.1, 0.15) is 5.75 Å². The van der Waals surface area contributed by atoms with Gasteiger partial charge in [-0.15, -0.1) is 5.92 Å². The lowest BCUT2D eigenvalue weighted by molar-refractivity contribution is -0.146. The van der Waals surface area contributed by atoms with Crippen LogP contribution in [0.3, 0.4) is 0 Å². The van der Waals surface area contributed by atoms with Crippen molar-refractivity contribution in [1.82, 2.24) is 0 Å². The van der Waals surface area contributed by atoms with Gasteiger partial charge >= 0.3 is 11.9 Å². The van der Waals surface area contributed by atoms with Crippen LogP contribution in [0.1, 0.15) is 52.0 Å². The zero-order valence-corrected chi connectivity index (χ0v) is 14.1. The minimum absolute atomic E-state index is 0.184. The minimum atomic E-state index is -0.365. The fourth-order valence-electron chi connectivity index (χ4n) is 2.04. The molecule has 4 nitrogen and oxygen atoms in total. The van der Waals surface area contributed by atoms with Crippen LogP contribution in [0.15, 0.2) is 24.3 Å². The molecule has 23 heavy (non-hydrogen) atoms. The maximum absolute atomic E-state index is 11.8. The second kappa shape index (κ2) is 10.4. The van der Waals surface area contributed by atoms with E-state index >= 15 is 0 Å². The molecule has 0 aliphatic heterocycles. The number of esters is 2. The Morgan fingerprint density at radius 3 is 2.48 bits per heavy atom. The van der Waals surface area contributed by atoms with Crippen LogP contribution in [-0.4, -0.2) is 18.0 Å². The van der Waals surface area contributed by atoms with E-state index in [-0.39, 0.29) is 30.9 Å². The molecule has 1 rings (SSSR count). The van der Waals surface area contributed by atoms with Crippen LogP contribution in [0, 0.1) is 11.8 Å². The molecule has 0 bridgehead atoms. The highest BCUT2D eigenvalue weighted by molar-refractivity contribution is 5.74. The molecule has 0 radical (unpaired) electrons. The molecule has 0 fully saturated rings. The summed E-state index contributed by atoms with van der Waals surface area (Å²) in [5, 5.41) is 0. The largest absolute Gasteiger partial charge is 0.449 e. The topological polar surface area (TPSA) is 52.6 Å². The zero-order valence-electron chi connectivity index (χ0n) is 14.1. The van der Waals surface area contributed by atoms with Crippen LogP contribution < -0.4 is 4.74 Å². The van der Waals surface area contributed by atoms with Gasteiger partial charge in [-0.3, -0.25) is 9.59 Å². The van der Waals surface area contributed by atoms with E-state index in [1.54, 1.807) is 13.0 Å². The zero-order chi connectivity index (χ0) is 17.1. The van der Waals surface area contributed by atoms with Gasteiger partial charge in [0.05, 0.1) is 0 Å².